The molecule has 8 N–H and O–H groups in total. The molecule has 1 rings (SSSR count). The molecule has 0 bridgehead atoms. The average molecular weight is 342 g/mol. The zero-order valence-corrected chi connectivity index (χ0v) is 12.0. The van der Waals surface area contributed by atoms with E-state index in [4.69, 9.17) is 19.7 Å². The lowest BCUT2D eigenvalue weighted by molar-refractivity contribution is -0.326. The van der Waals surface area contributed by atoms with Crippen LogP contribution in [0.3, 0.4) is 0 Å². The van der Waals surface area contributed by atoms with Gasteiger partial charge in [0, 0.05) is 0 Å². The first-order valence-corrected chi connectivity index (χ1v) is 6.84. The molecule has 0 aromatic rings. The monoisotopic (exact) mass is 342 g/mol. The Morgan fingerprint density at radius 2 is 1.65 bits per heavy atom. The van der Waals surface area contributed by atoms with Gasteiger partial charge in [-0.2, -0.15) is 0 Å². The molecular weight excluding hydrogens is 320 g/mol. The van der Waals surface area contributed by atoms with E-state index in [1.54, 1.807) is 0 Å². The van der Waals surface area contributed by atoms with Gasteiger partial charge in [-0.1, -0.05) is 0 Å². The van der Waals surface area contributed by atoms with Gasteiger partial charge < -0.3 is 55.1 Å². The van der Waals surface area contributed by atoms with Gasteiger partial charge >= 0.3 is 0 Å². The van der Waals surface area contributed by atoms with Gasteiger partial charge in [0.2, 0.25) is 0 Å². The summed E-state index contributed by atoms with van der Waals surface area (Å²) in [7, 11) is 0. The van der Waals surface area contributed by atoms with Gasteiger partial charge in [0.1, 0.15) is 48.8 Å². The number of aliphatic hydroxyl groups excluding tert-OH is 8. The molecule has 9 atom stereocenters. The van der Waals surface area contributed by atoms with Gasteiger partial charge in [-0.3, -0.25) is 0 Å². The molecule has 1 fully saturated rings. The number of hydrogen-bond donors (Lipinski definition) is 8. The number of hydrogen-bond acceptors (Lipinski definition) is 11. The predicted molar refractivity (Wildman–Crippen MR) is 69.8 cm³/mol. The van der Waals surface area contributed by atoms with Crippen LogP contribution in [0.1, 0.15) is 0 Å². The molecule has 11 nitrogen and oxygen atoms in total. The highest BCUT2D eigenvalue weighted by atomic mass is 16.7. The van der Waals surface area contributed by atoms with E-state index in [1.807, 2.05) is 0 Å². The summed E-state index contributed by atoms with van der Waals surface area (Å²) in [5, 5.41) is 75.7. The van der Waals surface area contributed by atoms with Crippen molar-refractivity contribution in [1.29, 1.82) is 0 Å². The Kier molecular flexibility index (Phi) is 7.89. The lowest BCUT2D eigenvalue weighted by Crippen LogP contribution is -2.61. The molecule has 0 aromatic carbocycles. The fourth-order valence-corrected chi connectivity index (χ4v) is 2.11. The minimum atomic E-state index is -1.97. The third-order valence-corrected chi connectivity index (χ3v) is 3.53. The normalized spacial score (nSPS) is 37.0. The highest BCUT2D eigenvalue weighted by molar-refractivity contribution is 5.56. The summed E-state index contributed by atoms with van der Waals surface area (Å²) < 4.78 is 10.1. The maximum absolute atomic E-state index is 10.5. The van der Waals surface area contributed by atoms with Gasteiger partial charge in [-0.05, 0) is 0 Å². The van der Waals surface area contributed by atoms with Crippen molar-refractivity contribution in [3.8, 4) is 0 Å². The van der Waals surface area contributed by atoms with Crippen molar-refractivity contribution in [2.24, 2.45) is 0 Å². The van der Waals surface area contributed by atoms with Crippen molar-refractivity contribution < 1.29 is 55.1 Å². The lowest BCUT2D eigenvalue weighted by Gasteiger charge is -2.42. The molecule has 0 amide bonds. The molecular formula is C12H22O11. The first kappa shape index (κ1) is 20.3. The van der Waals surface area contributed by atoms with E-state index in [1.165, 1.54) is 0 Å². The fraction of sp³-hybridized carbons (Fsp3) is 0.917. The van der Waals surface area contributed by atoms with Gasteiger partial charge in [0.25, 0.3) is 0 Å². The second-order valence-electron chi connectivity index (χ2n) is 5.17. The standard InChI is InChI=1S/C12H22O11/c13-1-4(16)7(18)11(5(17)2-14)23-12-10(21)9(20)8(19)6(3-15)22-12/h1,4-12,14-21H,2-3H2/t4-,5+,6-,7-,8+,9+,10-,11+,12+/m0/s1. The number of ether oxygens (including phenoxy) is 2. The quantitative estimate of drug-likeness (QED) is 0.196. The van der Waals surface area contributed by atoms with Crippen LogP contribution in [0.5, 0.6) is 0 Å². The predicted octanol–water partition coefficient (Wildman–Crippen LogP) is -5.55. The summed E-state index contributed by atoms with van der Waals surface area (Å²) in [6.45, 7) is -1.64. The molecule has 0 spiro atoms. The van der Waals surface area contributed by atoms with Crippen molar-refractivity contribution in [2.45, 2.75) is 55.1 Å². The van der Waals surface area contributed by atoms with E-state index >= 15 is 0 Å². The third kappa shape index (κ3) is 4.64. The Bertz CT molecular complexity index is 365. The molecule has 1 heterocycles. The molecule has 136 valence electrons. The summed E-state index contributed by atoms with van der Waals surface area (Å²) >= 11 is 0. The Balaban J connectivity index is 2.91. The highest BCUT2D eigenvalue weighted by Gasteiger charge is 2.46. The van der Waals surface area contributed by atoms with Crippen molar-refractivity contribution in [2.75, 3.05) is 13.2 Å². The SMILES string of the molecule is O=C[C@H](O)[C@H](O)[C@H](O[C@H]1O[C@@H](CO)[C@@H](O)[C@@H](O)[C@@H]1O)[C@H](O)CO. The van der Waals surface area contributed by atoms with E-state index in [0.717, 1.165) is 0 Å². The second-order valence-corrected chi connectivity index (χ2v) is 5.17. The highest BCUT2D eigenvalue weighted by Crippen LogP contribution is 2.24. The molecule has 1 aliphatic heterocycles. The maximum atomic E-state index is 10.5. The fourth-order valence-electron chi connectivity index (χ4n) is 2.11. The maximum Gasteiger partial charge on any atom is 0.187 e. The summed E-state index contributed by atoms with van der Waals surface area (Å²) in [6.07, 6.45) is -15.7. The summed E-state index contributed by atoms with van der Waals surface area (Å²) in [5.41, 5.74) is 0. The molecule has 0 aliphatic carbocycles. The Labute approximate surface area is 130 Å². The zero-order chi connectivity index (χ0) is 17.7. The van der Waals surface area contributed by atoms with Crippen molar-refractivity contribution in [3.63, 3.8) is 0 Å². The van der Waals surface area contributed by atoms with Crippen molar-refractivity contribution >= 4 is 6.29 Å². The van der Waals surface area contributed by atoms with Crippen LogP contribution in [0.2, 0.25) is 0 Å². The zero-order valence-electron chi connectivity index (χ0n) is 12.0. The number of aldehydes is 1. The molecule has 0 saturated carbocycles. The Hall–Kier alpha value is -0.730. The largest absolute Gasteiger partial charge is 0.394 e. The van der Waals surface area contributed by atoms with E-state index in [2.05, 4.69) is 0 Å². The minimum Gasteiger partial charge on any atom is -0.394 e. The Morgan fingerprint density at radius 1 is 1.04 bits per heavy atom. The molecule has 11 heteroatoms. The summed E-state index contributed by atoms with van der Waals surface area (Å²) in [6, 6.07) is 0. The summed E-state index contributed by atoms with van der Waals surface area (Å²) in [5.74, 6) is 0. The summed E-state index contributed by atoms with van der Waals surface area (Å²) in [4.78, 5) is 10.5. The first-order chi connectivity index (χ1) is 10.8. The molecule has 0 aromatic heterocycles. The molecule has 1 aliphatic rings. The van der Waals surface area contributed by atoms with Crippen LogP contribution in [0, 0.1) is 0 Å². The Morgan fingerprint density at radius 3 is 2.13 bits per heavy atom. The van der Waals surface area contributed by atoms with Crippen LogP contribution in [0.15, 0.2) is 0 Å². The van der Waals surface area contributed by atoms with Crippen molar-refractivity contribution in [3.05, 3.63) is 0 Å². The molecule has 0 radical (unpaired) electrons. The van der Waals surface area contributed by atoms with Crippen LogP contribution >= 0.6 is 0 Å². The van der Waals surface area contributed by atoms with Gasteiger partial charge in [0.15, 0.2) is 12.6 Å². The van der Waals surface area contributed by atoms with E-state index in [9.17, 15) is 35.4 Å². The molecule has 0 unspecified atom stereocenters. The van der Waals surface area contributed by atoms with E-state index in [0.29, 0.717) is 0 Å². The van der Waals surface area contributed by atoms with Crippen LogP contribution in [0.4, 0.5) is 0 Å². The van der Waals surface area contributed by atoms with Gasteiger partial charge in [0.05, 0.1) is 13.2 Å². The van der Waals surface area contributed by atoms with Crippen molar-refractivity contribution in [1.82, 2.24) is 0 Å². The number of carbonyl (C=O) groups is 1. The smallest absolute Gasteiger partial charge is 0.187 e. The molecule has 23 heavy (non-hydrogen) atoms. The number of carbonyl (C=O) groups excluding carboxylic acids is 1. The van der Waals surface area contributed by atoms with Gasteiger partial charge in [-0.25, -0.2) is 0 Å². The van der Waals surface area contributed by atoms with E-state index in [-0.39, 0.29) is 6.29 Å². The van der Waals surface area contributed by atoms with Crippen LogP contribution in [0.25, 0.3) is 0 Å². The van der Waals surface area contributed by atoms with Gasteiger partial charge in [-0.15, -0.1) is 0 Å². The van der Waals surface area contributed by atoms with E-state index < -0.39 is 68.3 Å². The van der Waals surface area contributed by atoms with Crippen LogP contribution < -0.4 is 0 Å². The second kappa shape index (κ2) is 8.94. The molecule has 1 saturated heterocycles. The number of aliphatic hydroxyl groups is 8. The number of rotatable bonds is 8. The first-order valence-electron chi connectivity index (χ1n) is 6.84. The third-order valence-electron chi connectivity index (χ3n) is 3.53. The minimum absolute atomic E-state index is 0.0294. The lowest BCUT2D eigenvalue weighted by atomic mass is 9.98. The topological polar surface area (TPSA) is 197 Å². The van der Waals surface area contributed by atoms with Crippen LogP contribution in [-0.4, -0.2) is 115 Å². The average Bonchev–Trinajstić information content (AvgIpc) is 2.57. The van der Waals surface area contributed by atoms with Crippen LogP contribution in [-0.2, 0) is 14.3 Å².